The molecule has 0 aliphatic rings. The van der Waals surface area contributed by atoms with Crippen molar-refractivity contribution in [2.24, 2.45) is 0 Å². The molecule has 0 spiro atoms. The standard InChI is InChI=1S/C11H17ClN4O2S2/c1-11(2,15(3)4)7-13-20(17,18)9-8(12)14-10-16(9)5-6-19-10/h5-6,13H,7H2,1-4H3. The van der Waals surface area contributed by atoms with E-state index in [9.17, 15) is 8.42 Å². The molecule has 9 heteroatoms. The first kappa shape index (κ1) is 15.7. The van der Waals surface area contributed by atoms with E-state index < -0.39 is 10.0 Å². The molecule has 1 N–H and O–H groups in total. The number of thiazole rings is 1. The van der Waals surface area contributed by atoms with Crippen LogP contribution in [-0.4, -0.2) is 48.9 Å². The van der Waals surface area contributed by atoms with E-state index in [2.05, 4.69) is 9.71 Å². The normalized spacial score (nSPS) is 13.5. The molecule has 0 aliphatic heterocycles. The molecule has 2 heterocycles. The number of fused-ring (bicyclic) bond motifs is 1. The highest BCUT2D eigenvalue weighted by molar-refractivity contribution is 7.89. The van der Waals surface area contributed by atoms with Crippen LogP contribution in [0.15, 0.2) is 16.6 Å². The summed E-state index contributed by atoms with van der Waals surface area (Å²) >= 11 is 7.29. The molecule has 0 saturated heterocycles. The van der Waals surface area contributed by atoms with Gasteiger partial charge < -0.3 is 4.90 Å². The zero-order chi connectivity index (χ0) is 15.1. The number of likely N-dealkylation sites (N-methyl/N-ethyl adjacent to an activating group) is 1. The average molecular weight is 337 g/mol. The Hall–Kier alpha value is -0.670. The van der Waals surface area contributed by atoms with Gasteiger partial charge in [0.05, 0.1) is 0 Å². The van der Waals surface area contributed by atoms with Crippen LogP contribution in [0.1, 0.15) is 13.8 Å². The Kier molecular flexibility index (Phi) is 4.14. The maximum atomic E-state index is 12.4. The van der Waals surface area contributed by atoms with Crippen LogP contribution in [0.4, 0.5) is 0 Å². The Morgan fingerprint density at radius 2 is 2.15 bits per heavy atom. The first-order chi connectivity index (χ1) is 9.15. The van der Waals surface area contributed by atoms with Gasteiger partial charge in [-0.2, -0.15) is 0 Å². The third-order valence-corrected chi connectivity index (χ3v) is 5.89. The fourth-order valence-corrected chi connectivity index (χ4v) is 4.13. The van der Waals surface area contributed by atoms with E-state index in [1.807, 2.05) is 32.8 Å². The summed E-state index contributed by atoms with van der Waals surface area (Å²) in [6.45, 7) is 4.18. The molecule has 0 saturated carbocycles. The second kappa shape index (κ2) is 5.27. The summed E-state index contributed by atoms with van der Waals surface area (Å²) in [5.74, 6) is 0. The first-order valence-corrected chi connectivity index (χ1v) is 8.67. The number of halogens is 1. The van der Waals surface area contributed by atoms with E-state index in [-0.39, 0.29) is 22.3 Å². The number of hydrogen-bond acceptors (Lipinski definition) is 5. The fourth-order valence-electron chi connectivity index (χ4n) is 1.48. The van der Waals surface area contributed by atoms with Crippen LogP contribution < -0.4 is 4.72 Å². The summed E-state index contributed by atoms with van der Waals surface area (Å²) in [6.07, 6.45) is 1.64. The van der Waals surface area contributed by atoms with Gasteiger partial charge in [0, 0.05) is 23.7 Å². The van der Waals surface area contributed by atoms with Crippen LogP contribution in [0.5, 0.6) is 0 Å². The number of hydrogen-bond donors (Lipinski definition) is 1. The SMILES string of the molecule is CN(C)C(C)(C)CNS(=O)(=O)c1c(Cl)nc2sccn12. The van der Waals surface area contributed by atoms with Crippen molar-refractivity contribution in [2.75, 3.05) is 20.6 Å². The van der Waals surface area contributed by atoms with Gasteiger partial charge in [-0.25, -0.2) is 18.1 Å². The Labute approximate surface area is 127 Å². The maximum Gasteiger partial charge on any atom is 0.259 e. The van der Waals surface area contributed by atoms with E-state index in [0.717, 1.165) is 0 Å². The molecule has 0 aromatic carbocycles. The highest BCUT2D eigenvalue weighted by Gasteiger charge is 2.28. The maximum absolute atomic E-state index is 12.4. The Balaban J connectivity index is 2.32. The van der Waals surface area contributed by atoms with Gasteiger partial charge in [-0.3, -0.25) is 4.40 Å². The molecule has 0 fully saturated rings. The lowest BCUT2D eigenvalue weighted by atomic mass is 10.1. The van der Waals surface area contributed by atoms with Crippen LogP contribution in [0, 0.1) is 0 Å². The van der Waals surface area contributed by atoms with Gasteiger partial charge in [0.15, 0.2) is 15.1 Å². The lowest BCUT2D eigenvalue weighted by molar-refractivity contribution is 0.199. The van der Waals surface area contributed by atoms with Gasteiger partial charge in [-0.15, -0.1) is 11.3 Å². The fraction of sp³-hybridized carbons (Fsp3) is 0.545. The summed E-state index contributed by atoms with van der Waals surface area (Å²) < 4.78 is 28.9. The summed E-state index contributed by atoms with van der Waals surface area (Å²) in [4.78, 5) is 6.55. The predicted molar refractivity (Wildman–Crippen MR) is 81.0 cm³/mol. The van der Waals surface area contributed by atoms with Gasteiger partial charge in [0.1, 0.15) is 0 Å². The minimum Gasteiger partial charge on any atom is -0.303 e. The number of rotatable bonds is 5. The minimum atomic E-state index is -3.71. The van der Waals surface area contributed by atoms with Crippen molar-refractivity contribution in [1.29, 1.82) is 0 Å². The minimum absolute atomic E-state index is 0.00740. The smallest absolute Gasteiger partial charge is 0.259 e. The quantitative estimate of drug-likeness (QED) is 0.902. The molecule has 0 atom stereocenters. The summed E-state index contributed by atoms with van der Waals surface area (Å²) in [5, 5.41) is 1.75. The van der Waals surface area contributed by atoms with Crippen molar-refractivity contribution >= 4 is 37.9 Å². The molecule has 112 valence electrons. The van der Waals surface area contributed by atoms with E-state index in [0.29, 0.717) is 4.96 Å². The van der Waals surface area contributed by atoms with Gasteiger partial charge in [-0.1, -0.05) is 11.6 Å². The summed E-state index contributed by atoms with van der Waals surface area (Å²) in [6, 6.07) is 0. The second-order valence-electron chi connectivity index (χ2n) is 5.29. The molecule has 0 unspecified atom stereocenters. The zero-order valence-electron chi connectivity index (χ0n) is 11.7. The molecule has 2 aromatic rings. The van der Waals surface area contributed by atoms with Crippen LogP contribution in [0.2, 0.25) is 5.15 Å². The third kappa shape index (κ3) is 2.84. The van der Waals surface area contributed by atoms with Crippen molar-refractivity contribution in [3.05, 3.63) is 16.7 Å². The largest absolute Gasteiger partial charge is 0.303 e. The van der Waals surface area contributed by atoms with E-state index >= 15 is 0 Å². The zero-order valence-corrected chi connectivity index (χ0v) is 14.1. The molecular formula is C11H17ClN4O2S2. The van der Waals surface area contributed by atoms with Crippen molar-refractivity contribution in [3.8, 4) is 0 Å². The van der Waals surface area contributed by atoms with Gasteiger partial charge in [0.2, 0.25) is 0 Å². The molecule has 2 rings (SSSR count). The van der Waals surface area contributed by atoms with Crippen molar-refractivity contribution < 1.29 is 8.42 Å². The number of imidazole rings is 1. The number of nitrogens with one attached hydrogen (secondary N) is 1. The van der Waals surface area contributed by atoms with E-state index in [1.165, 1.54) is 15.7 Å². The van der Waals surface area contributed by atoms with Gasteiger partial charge in [-0.05, 0) is 27.9 Å². The molecule has 0 bridgehead atoms. The predicted octanol–water partition coefficient (Wildman–Crippen LogP) is 1.67. The molecule has 0 radical (unpaired) electrons. The summed E-state index contributed by atoms with van der Waals surface area (Å²) in [7, 11) is 0.0876. The number of nitrogens with zero attached hydrogens (tertiary/aromatic N) is 3. The van der Waals surface area contributed by atoms with Crippen LogP contribution in [-0.2, 0) is 10.0 Å². The summed E-state index contributed by atoms with van der Waals surface area (Å²) in [5.41, 5.74) is -0.308. The third-order valence-electron chi connectivity index (χ3n) is 3.34. The van der Waals surface area contributed by atoms with Gasteiger partial charge in [0.25, 0.3) is 10.0 Å². The molecule has 6 nitrogen and oxygen atoms in total. The molecule has 2 aromatic heterocycles. The number of sulfonamides is 1. The van der Waals surface area contributed by atoms with E-state index in [4.69, 9.17) is 11.6 Å². The van der Waals surface area contributed by atoms with E-state index in [1.54, 1.807) is 11.6 Å². The second-order valence-corrected chi connectivity index (χ2v) is 8.21. The topological polar surface area (TPSA) is 66.7 Å². The van der Waals surface area contributed by atoms with Gasteiger partial charge >= 0.3 is 0 Å². The Bertz CT molecular complexity index is 718. The molecule has 20 heavy (non-hydrogen) atoms. The molecular weight excluding hydrogens is 320 g/mol. The van der Waals surface area contributed by atoms with Crippen LogP contribution in [0.3, 0.4) is 0 Å². The van der Waals surface area contributed by atoms with Crippen molar-refractivity contribution in [2.45, 2.75) is 24.4 Å². The van der Waals surface area contributed by atoms with Crippen molar-refractivity contribution in [1.82, 2.24) is 19.0 Å². The molecule has 0 amide bonds. The average Bonchev–Trinajstić information content (AvgIpc) is 2.85. The number of aromatic nitrogens is 2. The van der Waals surface area contributed by atoms with Crippen LogP contribution in [0.25, 0.3) is 4.96 Å². The van der Waals surface area contributed by atoms with Crippen molar-refractivity contribution in [3.63, 3.8) is 0 Å². The molecule has 0 aliphatic carbocycles. The highest BCUT2D eigenvalue weighted by atomic mass is 35.5. The Morgan fingerprint density at radius 1 is 1.50 bits per heavy atom. The Morgan fingerprint density at radius 3 is 2.75 bits per heavy atom. The van der Waals surface area contributed by atoms with Crippen LogP contribution >= 0.6 is 22.9 Å². The lowest BCUT2D eigenvalue weighted by Gasteiger charge is -2.32. The monoisotopic (exact) mass is 336 g/mol. The lowest BCUT2D eigenvalue weighted by Crippen LogP contribution is -2.48. The highest BCUT2D eigenvalue weighted by Crippen LogP contribution is 2.25. The first-order valence-electron chi connectivity index (χ1n) is 5.93.